The number of rotatable bonds is 4. The highest BCUT2D eigenvalue weighted by Crippen LogP contribution is 2.45. The highest BCUT2D eigenvalue weighted by molar-refractivity contribution is 7.80. The Labute approximate surface area is 175 Å². The number of hydrogen-bond acceptors (Lipinski definition) is 5. The largest absolute Gasteiger partial charge is 0.462 e. The lowest BCUT2D eigenvalue weighted by Crippen LogP contribution is -2.55. The van der Waals surface area contributed by atoms with E-state index < -0.39 is 0 Å². The Kier molecular flexibility index (Phi) is 5.79. The Morgan fingerprint density at radius 3 is 2.54 bits per heavy atom. The van der Waals surface area contributed by atoms with Crippen molar-refractivity contribution in [1.82, 2.24) is 5.32 Å². The topological polar surface area (TPSA) is 62.4 Å². The molecule has 3 N–H and O–H groups in total. The van der Waals surface area contributed by atoms with Gasteiger partial charge in [-0.3, -0.25) is 0 Å². The zero-order valence-corrected chi connectivity index (χ0v) is 18.6. The van der Waals surface area contributed by atoms with E-state index in [0.29, 0.717) is 17.3 Å². The third kappa shape index (κ3) is 4.37. The molecule has 2 aromatic rings. The van der Waals surface area contributed by atoms with Gasteiger partial charge in [0, 0.05) is 21.6 Å². The number of carbonyl (C=O) groups excluding carboxylic acids is 1. The minimum absolute atomic E-state index is 0.126. The van der Waals surface area contributed by atoms with Gasteiger partial charge in [-0.2, -0.15) is 0 Å². The summed E-state index contributed by atoms with van der Waals surface area (Å²) in [5.74, 6) is -0.307. The molecule has 1 aromatic carbocycles. The molecule has 0 aliphatic carbocycles. The third-order valence-corrected chi connectivity index (χ3v) is 6.26. The first-order valence-electron chi connectivity index (χ1n) is 9.38. The van der Waals surface area contributed by atoms with Gasteiger partial charge in [0.1, 0.15) is 5.00 Å². The number of fused-ring (bicyclic) bond motifs is 1. The lowest BCUT2D eigenvalue weighted by molar-refractivity contribution is 0.0526. The zero-order chi connectivity index (χ0) is 20.5. The van der Waals surface area contributed by atoms with Gasteiger partial charge in [-0.05, 0) is 71.0 Å². The Morgan fingerprint density at radius 1 is 1.21 bits per heavy atom. The summed E-state index contributed by atoms with van der Waals surface area (Å²) in [5.41, 5.74) is 2.15. The number of nitrogens with one attached hydrogen (secondary N) is 3. The van der Waals surface area contributed by atoms with Gasteiger partial charge >= 0.3 is 5.97 Å². The smallest absolute Gasteiger partial charge is 0.341 e. The molecular weight excluding hydrogens is 390 g/mol. The summed E-state index contributed by atoms with van der Waals surface area (Å²) >= 11 is 7.05. The van der Waals surface area contributed by atoms with E-state index >= 15 is 0 Å². The van der Waals surface area contributed by atoms with E-state index in [4.69, 9.17) is 17.0 Å². The molecule has 2 heterocycles. The van der Waals surface area contributed by atoms with Gasteiger partial charge in [0.25, 0.3) is 0 Å². The molecule has 1 aliphatic rings. The first kappa shape index (κ1) is 20.8. The fourth-order valence-electron chi connectivity index (χ4n) is 3.82. The van der Waals surface area contributed by atoms with Crippen molar-refractivity contribution in [2.75, 3.05) is 17.2 Å². The van der Waals surface area contributed by atoms with E-state index in [1.54, 1.807) is 11.3 Å². The van der Waals surface area contributed by atoms with Crippen molar-refractivity contribution < 1.29 is 9.53 Å². The number of ether oxygens (including phenoxy) is 1. The molecule has 3 rings (SSSR count). The molecule has 0 amide bonds. The van der Waals surface area contributed by atoms with Crippen molar-refractivity contribution in [3.8, 4) is 0 Å². The van der Waals surface area contributed by atoms with Crippen molar-refractivity contribution in [1.29, 1.82) is 0 Å². The second-order valence-electron chi connectivity index (χ2n) is 8.09. The first-order valence-corrected chi connectivity index (χ1v) is 10.6. The lowest BCUT2D eigenvalue weighted by atomic mass is 9.81. The van der Waals surface area contributed by atoms with E-state index in [1.165, 1.54) is 0 Å². The van der Waals surface area contributed by atoms with Crippen LogP contribution in [0.25, 0.3) is 0 Å². The van der Waals surface area contributed by atoms with Crippen molar-refractivity contribution in [2.45, 2.75) is 52.1 Å². The van der Waals surface area contributed by atoms with Crippen LogP contribution in [0.1, 0.15) is 55.4 Å². The molecule has 0 saturated carbocycles. The average Bonchev–Trinajstić information content (AvgIpc) is 2.92. The van der Waals surface area contributed by atoms with E-state index in [1.807, 2.05) is 37.3 Å². The number of thiocarbonyl (C=S) groups is 1. The second-order valence-corrected chi connectivity index (χ2v) is 9.52. The number of para-hydroxylation sites is 1. The van der Waals surface area contributed by atoms with Gasteiger partial charge in [0.2, 0.25) is 0 Å². The molecule has 7 heteroatoms. The van der Waals surface area contributed by atoms with Gasteiger partial charge in [-0.25, -0.2) is 4.79 Å². The van der Waals surface area contributed by atoms with Crippen molar-refractivity contribution in [3.63, 3.8) is 0 Å². The molecule has 0 spiro atoms. The Bertz CT molecular complexity index is 889. The maximum Gasteiger partial charge on any atom is 0.341 e. The predicted molar refractivity (Wildman–Crippen MR) is 121 cm³/mol. The van der Waals surface area contributed by atoms with Crippen molar-refractivity contribution in [3.05, 3.63) is 46.3 Å². The number of hydrogen-bond donors (Lipinski definition) is 3. The second kappa shape index (κ2) is 7.81. The van der Waals surface area contributed by atoms with Crippen molar-refractivity contribution >= 4 is 45.3 Å². The summed E-state index contributed by atoms with van der Waals surface area (Å²) < 4.78 is 5.37. The number of anilines is 2. The van der Waals surface area contributed by atoms with Crippen LogP contribution in [0.3, 0.4) is 0 Å². The highest BCUT2D eigenvalue weighted by atomic mass is 32.1. The summed E-state index contributed by atoms with van der Waals surface area (Å²) in [5, 5.41) is 11.2. The Balaban J connectivity index is 1.98. The summed E-state index contributed by atoms with van der Waals surface area (Å²) in [4.78, 5) is 14.0. The van der Waals surface area contributed by atoms with Crippen LogP contribution in [0, 0.1) is 0 Å². The number of esters is 1. The monoisotopic (exact) mass is 417 g/mol. The van der Waals surface area contributed by atoms with Gasteiger partial charge in [-0.15, -0.1) is 11.3 Å². The maximum absolute atomic E-state index is 12.8. The minimum atomic E-state index is -0.307. The molecule has 0 fully saturated rings. The van der Waals surface area contributed by atoms with E-state index in [0.717, 1.165) is 27.5 Å². The molecule has 150 valence electrons. The molecule has 0 atom stereocenters. The molecule has 0 unspecified atom stereocenters. The summed E-state index contributed by atoms with van der Waals surface area (Å²) in [6.45, 7) is 10.7. The molecule has 0 radical (unpaired) electrons. The number of thiophene rings is 1. The predicted octanol–water partition coefficient (Wildman–Crippen LogP) is 4.89. The van der Waals surface area contributed by atoms with Gasteiger partial charge < -0.3 is 20.7 Å². The van der Waals surface area contributed by atoms with Crippen LogP contribution in [0.5, 0.6) is 0 Å². The van der Waals surface area contributed by atoms with Gasteiger partial charge in [0.15, 0.2) is 5.11 Å². The molecular formula is C21H27N3O2S2. The summed E-state index contributed by atoms with van der Waals surface area (Å²) in [6.07, 6.45) is 0.747. The summed E-state index contributed by atoms with van der Waals surface area (Å²) in [7, 11) is 0. The van der Waals surface area contributed by atoms with Crippen LogP contribution in [0.2, 0.25) is 0 Å². The van der Waals surface area contributed by atoms with Crippen LogP contribution in [0.4, 0.5) is 10.7 Å². The molecule has 0 saturated heterocycles. The van der Waals surface area contributed by atoms with Crippen LogP contribution < -0.4 is 16.0 Å². The Morgan fingerprint density at radius 2 is 1.89 bits per heavy atom. The maximum atomic E-state index is 12.8. The first-order chi connectivity index (χ1) is 13.1. The summed E-state index contributed by atoms with van der Waals surface area (Å²) in [6, 6.07) is 9.71. The molecule has 1 aliphatic heterocycles. The Hall–Kier alpha value is -1.96. The normalized spacial score (nSPS) is 16.8. The van der Waals surface area contributed by atoms with E-state index in [-0.39, 0.29) is 17.0 Å². The van der Waals surface area contributed by atoms with Crippen LogP contribution in [-0.4, -0.2) is 23.2 Å². The van der Waals surface area contributed by atoms with E-state index in [2.05, 4.69) is 43.6 Å². The van der Waals surface area contributed by atoms with Crippen molar-refractivity contribution in [2.24, 2.45) is 0 Å². The lowest BCUT2D eigenvalue weighted by Gasteiger charge is -2.42. The molecule has 0 bridgehead atoms. The van der Waals surface area contributed by atoms with Crippen LogP contribution in [0.15, 0.2) is 30.3 Å². The SMILES string of the molecule is CCOC(=O)c1c(NC(=S)Nc2ccccc2)sc2c1CC(C)(C)NC2(C)C. The number of benzene rings is 1. The molecule has 1 aromatic heterocycles. The average molecular weight is 418 g/mol. The molecule has 28 heavy (non-hydrogen) atoms. The fraction of sp³-hybridized carbons (Fsp3) is 0.429. The minimum Gasteiger partial charge on any atom is -0.462 e. The standard InChI is InChI=1S/C21H27N3O2S2/c1-6-26-18(25)15-14-12-20(2,3)24-21(4,5)16(14)28-17(15)23-19(27)22-13-10-8-7-9-11-13/h7-11,24H,6,12H2,1-5H3,(H2,22,23,27). The van der Waals surface area contributed by atoms with Crippen LogP contribution in [-0.2, 0) is 16.7 Å². The fourth-order valence-corrected chi connectivity index (χ4v) is 5.38. The van der Waals surface area contributed by atoms with Gasteiger partial charge in [0.05, 0.1) is 12.2 Å². The van der Waals surface area contributed by atoms with E-state index in [9.17, 15) is 4.79 Å². The van der Waals surface area contributed by atoms with Gasteiger partial charge in [-0.1, -0.05) is 18.2 Å². The zero-order valence-electron chi connectivity index (χ0n) is 16.9. The molecule has 5 nitrogen and oxygen atoms in total. The third-order valence-electron chi connectivity index (χ3n) is 4.58. The quantitative estimate of drug-likeness (QED) is 0.486. The van der Waals surface area contributed by atoms with Crippen LogP contribution >= 0.6 is 23.6 Å². The highest BCUT2D eigenvalue weighted by Gasteiger charge is 2.42. The number of carbonyl (C=O) groups is 1.